The summed E-state index contributed by atoms with van der Waals surface area (Å²) < 4.78 is 5.57. The third-order valence-electron chi connectivity index (χ3n) is 4.73. The molecule has 1 aliphatic rings. The molecule has 1 amide bonds. The minimum absolute atomic E-state index is 0.159. The van der Waals surface area contributed by atoms with Crippen molar-refractivity contribution in [3.63, 3.8) is 0 Å². The molecule has 136 valence electrons. The van der Waals surface area contributed by atoms with Crippen molar-refractivity contribution >= 4 is 6.09 Å². The van der Waals surface area contributed by atoms with Crippen molar-refractivity contribution in [2.75, 3.05) is 19.6 Å². The van der Waals surface area contributed by atoms with Crippen LogP contribution in [0.5, 0.6) is 0 Å². The molecule has 1 aliphatic heterocycles. The molecule has 1 atom stereocenters. The Hall–Kier alpha value is -0.770. The Kier molecular flexibility index (Phi) is 7.85. The largest absolute Gasteiger partial charge is 0.444 e. The average Bonchev–Trinajstić information content (AvgIpc) is 2.41. The maximum atomic E-state index is 12.4. The highest BCUT2D eigenvalue weighted by atomic mass is 16.6. The Morgan fingerprint density at radius 3 is 2.30 bits per heavy atom. The quantitative estimate of drug-likeness (QED) is 0.791. The van der Waals surface area contributed by atoms with Gasteiger partial charge in [-0.3, -0.25) is 0 Å². The lowest BCUT2D eigenvalue weighted by atomic mass is 9.85. The smallest absolute Gasteiger partial charge is 0.410 e. The van der Waals surface area contributed by atoms with Gasteiger partial charge in [0.25, 0.3) is 0 Å². The lowest BCUT2D eigenvalue weighted by Gasteiger charge is -2.37. The van der Waals surface area contributed by atoms with Crippen LogP contribution in [0.15, 0.2) is 0 Å². The van der Waals surface area contributed by atoms with Crippen molar-refractivity contribution in [3.05, 3.63) is 0 Å². The normalized spacial score (nSPS) is 19.7. The number of carbonyl (C=O) groups excluding carboxylic acids is 1. The fourth-order valence-corrected chi connectivity index (χ4v) is 3.43. The number of nitrogens with one attached hydrogen (secondary N) is 1. The molecule has 1 unspecified atom stereocenters. The van der Waals surface area contributed by atoms with E-state index in [4.69, 9.17) is 4.74 Å². The summed E-state index contributed by atoms with van der Waals surface area (Å²) in [5, 5.41) is 3.62. The SMILES string of the molecule is CC(C)C(CNCC1CCCCN1C(=O)OC(C)(C)C)C(C)C. The predicted octanol–water partition coefficient (Wildman–Crippen LogP) is 4.29. The first-order chi connectivity index (χ1) is 10.6. The van der Waals surface area contributed by atoms with E-state index in [1.54, 1.807) is 0 Å². The van der Waals surface area contributed by atoms with Gasteiger partial charge in [0.2, 0.25) is 0 Å². The van der Waals surface area contributed by atoms with Crippen molar-refractivity contribution in [3.8, 4) is 0 Å². The molecule has 23 heavy (non-hydrogen) atoms. The standard InChI is InChI=1S/C19H38N2O2/c1-14(2)17(15(3)4)13-20-12-16-10-8-9-11-21(16)18(22)23-19(5,6)7/h14-17,20H,8-13H2,1-7H3. The van der Waals surface area contributed by atoms with Crippen LogP contribution in [0.3, 0.4) is 0 Å². The molecule has 0 spiro atoms. The fraction of sp³-hybridized carbons (Fsp3) is 0.947. The van der Waals surface area contributed by atoms with Gasteiger partial charge in [-0.25, -0.2) is 4.79 Å². The molecule has 4 heteroatoms. The van der Waals surface area contributed by atoms with Gasteiger partial charge < -0.3 is 15.0 Å². The molecule has 4 nitrogen and oxygen atoms in total. The summed E-state index contributed by atoms with van der Waals surface area (Å²) in [7, 11) is 0. The molecule has 1 heterocycles. The van der Waals surface area contributed by atoms with Crippen LogP contribution in [0.25, 0.3) is 0 Å². The van der Waals surface area contributed by atoms with Gasteiger partial charge in [0, 0.05) is 19.1 Å². The summed E-state index contributed by atoms with van der Waals surface area (Å²) in [6.07, 6.45) is 3.19. The molecule has 0 saturated carbocycles. The average molecular weight is 327 g/mol. The van der Waals surface area contributed by atoms with Crippen molar-refractivity contribution in [2.24, 2.45) is 17.8 Å². The van der Waals surface area contributed by atoms with Gasteiger partial charge in [-0.2, -0.15) is 0 Å². The Balaban J connectivity index is 2.53. The second-order valence-corrected chi connectivity index (χ2v) is 8.63. The minimum Gasteiger partial charge on any atom is -0.444 e. The van der Waals surface area contributed by atoms with E-state index in [2.05, 4.69) is 33.0 Å². The van der Waals surface area contributed by atoms with Gasteiger partial charge in [0.15, 0.2) is 0 Å². The molecular formula is C19H38N2O2. The molecule has 0 bridgehead atoms. The summed E-state index contributed by atoms with van der Waals surface area (Å²) in [4.78, 5) is 14.3. The number of nitrogens with zero attached hydrogens (tertiary/aromatic N) is 1. The van der Waals surface area contributed by atoms with Crippen LogP contribution in [0, 0.1) is 17.8 Å². The lowest BCUT2D eigenvalue weighted by molar-refractivity contribution is 0.00975. The zero-order valence-electron chi connectivity index (χ0n) is 16.3. The summed E-state index contributed by atoms with van der Waals surface area (Å²) in [5.74, 6) is 2.03. The van der Waals surface area contributed by atoms with Gasteiger partial charge in [-0.1, -0.05) is 27.7 Å². The maximum absolute atomic E-state index is 12.4. The number of amides is 1. The predicted molar refractivity (Wildman–Crippen MR) is 96.6 cm³/mol. The Morgan fingerprint density at radius 1 is 1.17 bits per heavy atom. The van der Waals surface area contributed by atoms with Crippen LogP contribution in [-0.2, 0) is 4.74 Å². The van der Waals surface area contributed by atoms with Gasteiger partial charge in [0.05, 0.1) is 0 Å². The summed E-state index contributed by atoms with van der Waals surface area (Å²) in [6, 6.07) is 0.263. The second-order valence-electron chi connectivity index (χ2n) is 8.63. The summed E-state index contributed by atoms with van der Waals surface area (Å²) >= 11 is 0. The summed E-state index contributed by atoms with van der Waals surface area (Å²) in [5.41, 5.74) is -0.424. The Labute approximate surface area is 143 Å². The number of hydrogen-bond donors (Lipinski definition) is 1. The number of likely N-dealkylation sites (tertiary alicyclic amines) is 1. The van der Waals surface area contributed by atoms with Gasteiger partial charge in [0.1, 0.15) is 5.60 Å². The maximum Gasteiger partial charge on any atom is 0.410 e. The number of hydrogen-bond acceptors (Lipinski definition) is 3. The van der Waals surface area contributed by atoms with Crippen LogP contribution in [0.2, 0.25) is 0 Å². The van der Waals surface area contributed by atoms with Crippen molar-refractivity contribution < 1.29 is 9.53 Å². The number of ether oxygens (including phenoxy) is 1. The number of carbonyl (C=O) groups is 1. The van der Waals surface area contributed by atoms with E-state index in [-0.39, 0.29) is 12.1 Å². The van der Waals surface area contributed by atoms with E-state index in [0.29, 0.717) is 17.8 Å². The van der Waals surface area contributed by atoms with Crippen LogP contribution >= 0.6 is 0 Å². The molecule has 1 saturated heterocycles. The highest BCUT2D eigenvalue weighted by molar-refractivity contribution is 5.68. The topological polar surface area (TPSA) is 41.6 Å². The fourth-order valence-electron chi connectivity index (χ4n) is 3.43. The van der Waals surface area contributed by atoms with E-state index in [1.807, 2.05) is 25.7 Å². The van der Waals surface area contributed by atoms with E-state index >= 15 is 0 Å². The first kappa shape index (κ1) is 20.3. The monoisotopic (exact) mass is 326 g/mol. The second kappa shape index (κ2) is 8.91. The zero-order valence-corrected chi connectivity index (χ0v) is 16.3. The molecule has 1 rings (SSSR count). The number of rotatable bonds is 6. The Bertz CT molecular complexity index is 353. The van der Waals surface area contributed by atoms with Crippen LogP contribution in [0.1, 0.15) is 67.7 Å². The van der Waals surface area contributed by atoms with Crippen molar-refractivity contribution in [2.45, 2.75) is 79.4 Å². The molecule has 0 aromatic carbocycles. The van der Waals surface area contributed by atoms with Crippen LogP contribution in [-0.4, -0.2) is 42.3 Å². The van der Waals surface area contributed by atoms with Crippen LogP contribution < -0.4 is 5.32 Å². The van der Waals surface area contributed by atoms with Gasteiger partial charge in [-0.05, 0) is 64.3 Å². The Morgan fingerprint density at radius 2 is 1.78 bits per heavy atom. The first-order valence-corrected chi connectivity index (χ1v) is 9.32. The third kappa shape index (κ3) is 7.11. The van der Waals surface area contributed by atoms with E-state index in [0.717, 1.165) is 32.5 Å². The van der Waals surface area contributed by atoms with Crippen molar-refractivity contribution in [1.29, 1.82) is 0 Å². The molecular weight excluding hydrogens is 288 g/mol. The number of piperidine rings is 1. The molecule has 1 N–H and O–H groups in total. The zero-order chi connectivity index (χ0) is 17.6. The lowest BCUT2D eigenvalue weighted by Crippen LogP contribution is -2.50. The molecule has 1 fully saturated rings. The highest BCUT2D eigenvalue weighted by Gasteiger charge is 2.30. The first-order valence-electron chi connectivity index (χ1n) is 9.32. The van der Waals surface area contributed by atoms with Crippen molar-refractivity contribution in [1.82, 2.24) is 10.2 Å². The van der Waals surface area contributed by atoms with E-state index < -0.39 is 5.60 Å². The molecule has 0 radical (unpaired) electrons. The van der Waals surface area contributed by atoms with E-state index in [9.17, 15) is 4.79 Å². The molecule has 0 aromatic rings. The molecule has 0 aromatic heterocycles. The van der Waals surface area contributed by atoms with E-state index in [1.165, 1.54) is 6.42 Å². The third-order valence-corrected chi connectivity index (χ3v) is 4.73. The van der Waals surface area contributed by atoms with Crippen LogP contribution in [0.4, 0.5) is 4.79 Å². The van der Waals surface area contributed by atoms with Gasteiger partial charge in [-0.15, -0.1) is 0 Å². The highest BCUT2D eigenvalue weighted by Crippen LogP contribution is 2.22. The summed E-state index contributed by atoms with van der Waals surface area (Å²) in [6.45, 7) is 17.7. The minimum atomic E-state index is -0.424. The van der Waals surface area contributed by atoms with Gasteiger partial charge >= 0.3 is 6.09 Å². The molecule has 0 aliphatic carbocycles.